The van der Waals surface area contributed by atoms with Gasteiger partial charge >= 0.3 is 5.95 Å². The van der Waals surface area contributed by atoms with Crippen LogP contribution in [0.5, 0.6) is 5.75 Å². The molecule has 1 saturated heterocycles. The molecule has 1 aliphatic rings. The van der Waals surface area contributed by atoms with Crippen LogP contribution in [0, 0.1) is 0 Å². The first-order valence-corrected chi connectivity index (χ1v) is 11.0. The highest BCUT2D eigenvalue weighted by Gasteiger charge is 2.23. The zero-order valence-corrected chi connectivity index (χ0v) is 18.0. The van der Waals surface area contributed by atoms with Crippen LogP contribution in [-0.2, 0) is 13.1 Å². The predicted molar refractivity (Wildman–Crippen MR) is 120 cm³/mol. The molecule has 1 aliphatic heterocycles. The van der Waals surface area contributed by atoms with Crippen molar-refractivity contribution in [2.24, 2.45) is 0 Å². The van der Waals surface area contributed by atoms with E-state index in [1.54, 1.807) is 24.3 Å². The van der Waals surface area contributed by atoms with Gasteiger partial charge in [0.15, 0.2) is 0 Å². The lowest BCUT2D eigenvalue weighted by Crippen LogP contribution is -2.44. The summed E-state index contributed by atoms with van der Waals surface area (Å²) < 4.78 is 9.86. The topological polar surface area (TPSA) is 67.5 Å². The molecule has 2 aromatic carbocycles. The third-order valence-electron chi connectivity index (χ3n) is 5.75. The minimum Gasteiger partial charge on any atom is -0.491 e. The third-order valence-corrected chi connectivity index (χ3v) is 6.01. The number of anilines is 1. The Labute approximate surface area is 182 Å². The molecule has 0 bridgehead atoms. The summed E-state index contributed by atoms with van der Waals surface area (Å²) in [4.78, 5) is 2.51. The molecule has 6 nitrogen and oxygen atoms in total. The molecule has 0 aliphatic carbocycles. The second kappa shape index (κ2) is 9.69. The molecule has 3 N–H and O–H groups in total. The Morgan fingerprint density at radius 2 is 1.77 bits per heavy atom. The number of nitrogen functional groups attached to an aromatic ring is 1. The maximum atomic E-state index is 10.6. The molecule has 0 spiro atoms. The Bertz CT molecular complexity index is 967. The minimum absolute atomic E-state index is 0.182. The third kappa shape index (κ3) is 4.89. The highest BCUT2D eigenvalue weighted by Crippen LogP contribution is 2.18. The van der Waals surface area contributed by atoms with Crippen molar-refractivity contribution in [1.29, 1.82) is 0 Å². The average Bonchev–Trinajstić information content (AvgIpc) is 3.03. The van der Waals surface area contributed by atoms with Crippen molar-refractivity contribution >= 4 is 28.6 Å². The lowest BCUT2D eigenvalue weighted by atomic mass is 10.1. The number of nitrogens with two attached hydrogens (primary N) is 1. The number of hydrogen-bond acceptors (Lipinski definition) is 4. The zero-order valence-electron chi connectivity index (χ0n) is 17.2. The number of rotatable bonds is 8. The number of benzene rings is 2. The Balaban J connectivity index is 1.46. The monoisotopic (exact) mass is 429 g/mol. The molecule has 160 valence electrons. The highest BCUT2D eigenvalue weighted by molar-refractivity contribution is 6.30. The van der Waals surface area contributed by atoms with Gasteiger partial charge in [0.1, 0.15) is 36.0 Å². The van der Waals surface area contributed by atoms with Gasteiger partial charge in [0.25, 0.3) is 0 Å². The fourth-order valence-electron chi connectivity index (χ4n) is 4.15. The Morgan fingerprint density at radius 1 is 1.03 bits per heavy atom. The molecular formula is C23H30ClN4O2+. The molecule has 1 fully saturated rings. The SMILES string of the molecule is Nc1n(CCN2CCCCC2)c2ccccc2[n+]1C[C@H](O)COc1ccc(Cl)cc1. The van der Waals surface area contributed by atoms with E-state index in [0.29, 0.717) is 23.3 Å². The first-order chi connectivity index (χ1) is 14.6. The van der Waals surface area contributed by atoms with Gasteiger partial charge in [0.05, 0.1) is 6.54 Å². The molecule has 7 heteroatoms. The van der Waals surface area contributed by atoms with Crippen molar-refractivity contribution in [3.8, 4) is 5.75 Å². The standard InChI is InChI=1S/C23H29ClN4O2/c24-18-8-10-20(11-9-18)30-17-19(29)16-28-22-7-3-2-6-21(22)27(23(28)25)15-14-26-12-4-1-5-13-26/h2-3,6-11,19,25,29H,1,4-5,12-17H2/p+1/t19-/m0/s1. The number of nitrogens with zero attached hydrogens (tertiary/aromatic N) is 3. The van der Waals surface area contributed by atoms with Crippen molar-refractivity contribution in [1.82, 2.24) is 9.47 Å². The van der Waals surface area contributed by atoms with E-state index in [4.69, 9.17) is 22.1 Å². The van der Waals surface area contributed by atoms with E-state index < -0.39 is 6.10 Å². The van der Waals surface area contributed by atoms with Crippen LogP contribution in [0.4, 0.5) is 5.95 Å². The van der Waals surface area contributed by atoms with E-state index in [-0.39, 0.29) is 6.61 Å². The number of likely N-dealkylation sites (tertiary alicyclic amines) is 1. The molecule has 0 unspecified atom stereocenters. The Morgan fingerprint density at radius 3 is 2.53 bits per heavy atom. The van der Waals surface area contributed by atoms with Crippen LogP contribution < -0.4 is 15.0 Å². The van der Waals surface area contributed by atoms with Gasteiger partial charge in [0.2, 0.25) is 0 Å². The van der Waals surface area contributed by atoms with Crippen molar-refractivity contribution in [2.75, 3.05) is 32.0 Å². The number of fused-ring (bicyclic) bond motifs is 1. The van der Waals surface area contributed by atoms with Crippen LogP contribution >= 0.6 is 11.6 Å². The van der Waals surface area contributed by atoms with Gasteiger partial charge in [-0.05, 0) is 62.3 Å². The van der Waals surface area contributed by atoms with Crippen molar-refractivity contribution in [3.05, 3.63) is 53.6 Å². The molecule has 3 aromatic rings. The van der Waals surface area contributed by atoms with Crippen LogP contribution in [-0.4, -0.2) is 46.9 Å². The zero-order chi connectivity index (χ0) is 20.9. The van der Waals surface area contributed by atoms with Crippen molar-refractivity contribution < 1.29 is 14.4 Å². The second-order valence-corrected chi connectivity index (χ2v) is 8.37. The lowest BCUT2D eigenvalue weighted by molar-refractivity contribution is -0.665. The van der Waals surface area contributed by atoms with Gasteiger partial charge in [-0.25, -0.2) is 9.13 Å². The quantitative estimate of drug-likeness (QED) is 0.540. The van der Waals surface area contributed by atoms with Gasteiger partial charge in [0, 0.05) is 11.6 Å². The van der Waals surface area contributed by atoms with Crippen LogP contribution in [0.2, 0.25) is 5.02 Å². The molecule has 1 aromatic heterocycles. The number of aliphatic hydroxyl groups excluding tert-OH is 1. The lowest BCUT2D eigenvalue weighted by Gasteiger charge is -2.25. The largest absolute Gasteiger partial charge is 0.491 e. The first kappa shape index (κ1) is 21.0. The molecule has 2 heterocycles. The van der Waals surface area contributed by atoms with Crippen LogP contribution in [0.1, 0.15) is 19.3 Å². The van der Waals surface area contributed by atoms with Gasteiger partial charge in [-0.2, -0.15) is 0 Å². The summed E-state index contributed by atoms with van der Waals surface area (Å²) in [5, 5.41) is 11.3. The Kier molecular flexibility index (Phi) is 6.77. The van der Waals surface area contributed by atoms with Crippen LogP contribution in [0.3, 0.4) is 0 Å². The van der Waals surface area contributed by atoms with E-state index in [1.165, 1.54) is 32.4 Å². The highest BCUT2D eigenvalue weighted by atomic mass is 35.5. The van der Waals surface area contributed by atoms with Crippen molar-refractivity contribution in [3.63, 3.8) is 0 Å². The molecule has 0 saturated carbocycles. The maximum Gasteiger partial charge on any atom is 0.356 e. The molecule has 0 radical (unpaired) electrons. The summed E-state index contributed by atoms with van der Waals surface area (Å²) in [5.41, 5.74) is 8.67. The van der Waals surface area contributed by atoms with Gasteiger partial charge in [-0.1, -0.05) is 30.2 Å². The molecule has 4 rings (SSSR count). The summed E-state index contributed by atoms with van der Waals surface area (Å²) >= 11 is 5.90. The van der Waals surface area contributed by atoms with Gasteiger partial charge < -0.3 is 14.7 Å². The molecule has 0 amide bonds. The summed E-state index contributed by atoms with van der Waals surface area (Å²) in [6.45, 7) is 4.72. The fraction of sp³-hybridized carbons (Fsp3) is 0.435. The van der Waals surface area contributed by atoms with E-state index in [2.05, 4.69) is 21.6 Å². The van der Waals surface area contributed by atoms with Crippen molar-refractivity contribution in [2.45, 2.75) is 38.5 Å². The smallest absolute Gasteiger partial charge is 0.356 e. The average molecular weight is 430 g/mol. The second-order valence-electron chi connectivity index (χ2n) is 7.93. The number of aromatic nitrogens is 2. The summed E-state index contributed by atoms with van der Waals surface area (Å²) in [5.74, 6) is 1.35. The summed E-state index contributed by atoms with van der Waals surface area (Å²) in [6.07, 6.45) is 3.21. The van der Waals surface area contributed by atoms with Gasteiger partial charge in [-0.3, -0.25) is 5.73 Å². The van der Waals surface area contributed by atoms with Crippen LogP contribution in [0.25, 0.3) is 11.0 Å². The first-order valence-electron chi connectivity index (χ1n) is 10.7. The van der Waals surface area contributed by atoms with E-state index >= 15 is 0 Å². The number of para-hydroxylation sites is 2. The number of ether oxygens (including phenoxy) is 1. The number of aliphatic hydroxyl groups is 1. The van der Waals surface area contributed by atoms with Crippen LogP contribution in [0.15, 0.2) is 48.5 Å². The van der Waals surface area contributed by atoms with E-state index in [9.17, 15) is 5.11 Å². The maximum absolute atomic E-state index is 10.6. The van der Waals surface area contributed by atoms with Gasteiger partial charge in [-0.15, -0.1) is 0 Å². The number of halogens is 1. The number of hydrogen-bond donors (Lipinski definition) is 2. The Hall–Kier alpha value is -2.28. The summed E-state index contributed by atoms with van der Waals surface area (Å²) in [7, 11) is 0. The normalized spacial score (nSPS) is 16.1. The molecule has 1 atom stereocenters. The fourth-order valence-corrected chi connectivity index (χ4v) is 4.28. The van der Waals surface area contributed by atoms with E-state index in [1.807, 2.05) is 16.7 Å². The number of imidazole rings is 1. The number of piperidine rings is 1. The molecule has 30 heavy (non-hydrogen) atoms. The van der Waals surface area contributed by atoms with E-state index in [0.717, 1.165) is 24.1 Å². The minimum atomic E-state index is -0.686. The summed E-state index contributed by atoms with van der Waals surface area (Å²) in [6, 6.07) is 15.3. The predicted octanol–water partition coefficient (Wildman–Crippen LogP) is 3.09. The molecular weight excluding hydrogens is 400 g/mol.